The maximum atomic E-state index is 11.2. The van der Waals surface area contributed by atoms with Gasteiger partial charge in [0.2, 0.25) is 0 Å². The van der Waals surface area contributed by atoms with Gasteiger partial charge in [0, 0.05) is 11.8 Å². The molecule has 2 nitrogen and oxygen atoms in total. The highest BCUT2D eigenvalue weighted by atomic mass is 16.1. The Morgan fingerprint density at radius 2 is 2.07 bits per heavy atom. The van der Waals surface area contributed by atoms with Gasteiger partial charge in [-0.2, -0.15) is 0 Å². The molecule has 3 saturated carbocycles. The van der Waals surface area contributed by atoms with Gasteiger partial charge in [-0.25, -0.2) is 0 Å². The van der Waals surface area contributed by atoms with Crippen molar-refractivity contribution < 1.29 is 9.59 Å². The highest BCUT2D eigenvalue weighted by Gasteiger charge is 2.47. The lowest BCUT2D eigenvalue weighted by molar-refractivity contribution is -0.130. The predicted molar refractivity (Wildman–Crippen MR) is 53.9 cm³/mol. The van der Waals surface area contributed by atoms with Gasteiger partial charge in [0.25, 0.3) is 0 Å². The lowest BCUT2D eigenvalue weighted by Crippen LogP contribution is -2.43. The molecule has 3 aliphatic rings. The van der Waals surface area contributed by atoms with Crippen LogP contribution in [-0.4, -0.2) is 12.1 Å². The van der Waals surface area contributed by atoms with Crippen LogP contribution in [0.2, 0.25) is 0 Å². The number of ketones is 1. The topological polar surface area (TPSA) is 34.1 Å². The second-order valence-electron chi connectivity index (χ2n) is 5.13. The molecule has 0 heterocycles. The third-order valence-corrected chi connectivity index (χ3v) is 4.24. The van der Waals surface area contributed by atoms with Crippen LogP contribution in [-0.2, 0) is 9.59 Å². The molecule has 14 heavy (non-hydrogen) atoms. The summed E-state index contributed by atoms with van der Waals surface area (Å²) in [5, 5.41) is 0. The first-order valence-corrected chi connectivity index (χ1v) is 5.62. The Hall–Kier alpha value is -0.660. The van der Waals surface area contributed by atoms with Crippen LogP contribution in [0.25, 0.3) is 0 Å². The number of hydrogen-bond donors (Lipinski definition) is 0. The van der Waals surface area contributed by atoms with Gasteiger partial charge in [-0.15, -0.1) is 0 Å². The van der Waals surface area contributed by atoms with Gasteiger partial charge >= 0.3 is 0 Å². The Balaban J connectivity index is 2.15. The first-order valence-electron chi connectivity index (χ1n) is 5.62. The Morgan fingerprint density at radius 1 is 1.43 bits per heavy atom. The van der Waals surface area contributed by atoms with E-state index in [2.05, 4.69) is 0 Å². The smallest absolute Gasteiger partial charge is 0.130 e. The molecule has 0 unspecified atom stereocenters. The highest BCUT2D eigenvalue weighted by molar-refractivity contribution is 5.76. The number of fused-ring (bicyclic) bond motifs is 3. The predicted octanol–water partition coefficient (Wildman–Crippen LogP) is 2.36. The standard InChI is InChI=1S/C12H18O2/c1-9(14)6-11-7-10-2-4-12(11,8-13)5-3-10/h8,10-11H,2-7H2,1H3/t10?,11-,12?/m1/s1. The normalized spacial score (nSPS) is 40.9. The van der Waals surface area contributed by atoms with E-state index in [0.29, 0.717) is 12.3 Å². The summed E-state index contributed by atoms with van der Waals surface area (Å²) in [7, 11) is 0. The first kappa shape index (κ1) is 9.88. The van der Waals surface area contributed by atoms with E-state index in [-0.39, 0.29) is 11.2 Å². The molecule has 0 spiro atoms. The van der Waals surface area contributed by atoms with Gasteiger partial charge in [0.1, 0.15) is 12.1 Å². The van der Waals surface area contributed by atoms with Crippen LogP contribution in [0.5, 0.6) is 0 Å². The molecule has 3 aliphatic carbocycles. The number of carbonyl (C=O) groups excluding carboxylic acids is 2. The highest BCUT2D eigenvalue weighted by Crippen LogP contribution is 2.53. The van der Waals surface area contributed by atoms with Crippen molar-refractivity contribution in [3.05, 3.63) is 0 Å². The summed E-state index contributed by atoms with van der Waals surface area (Å²) < 4.78 is 0. The largest absolute Gasteiger partial charge is 0.303 e. The number of Topliss-reactive ketones (excluding diaryl/α,β-unsaturated/α-hetero) is 1. The molecule has 0 N–H and O–H groups in total. The average molecular weight is 194 g/mol. The molecular weight excluding hydrogens is 176 g/mol. The van der Waals surface area contributed by atoms with Crippen molar-refractivity contribution >= 4 is 12.1 Å². The average Bonchev–Trinajstić information content (AvgIpc) is 2.19. The van der Waals surface area contributed by atoms with Gasteiger partial charge in [-0.05, 0) is 50.9 Å². The Labute approximate surface area is 85.1 Å². The summed E-state index contributed by atoms with van der Waals surface area (Å²) in [6.45, 7) is 1.64. The van der Waals surface area contributed by atoms with Crippen molar-refractivity contribution in [2.75, 3.05) is 0 Å². The Kier molecular flexibility index (Phi) is 2.46. The number of aldehydes is 1. The number of carbonyl (C=O) groups is 2. The van der Waals surface area contributed by atoms with Crippen molar-refractivity contribution in [3.63, 3.8) is 0 Å². The fraction of sp³-hybridized carbons (Fsp3) is 0.833. The molecule has 0 aromatic rings. The minimum Gasteiger partial charge on any atom is -0.303 e. The Morgan fingerprint density at radius 3 is 2.57 bits per heavy atom. The summed E-state index contributed by atoms with van der Waals surface area (Å²) in [4.78, 5) is 22.3. The van der Waals surface area contributed by atoms with Crippen molar-refractivity contribution in [1.29, 1.82) is 0 Å². The fourth-order valence-corrected chi connectivity index (χ4v) is 3.34. The van der Waals surface area contributed by atoms with E-state index in [1.807, 2.05) is 0 Å². The lowest BCUT2D eigenvalue weighted by Gasteiger charge is -2.49. The number of hydrogen-bond acceptors (Lipinski definition) is 2. The van der Waals surface area contributed by atoms with Crippen molar-refractivity contribution in [3.8, 4) is 0 Å². The van der Waals surface area contributed by atoms with Crippen LogP contribution in [0, 0.1) is 17.3 Å². The zero-order valence-corrected chi connectivity index (χ0v) is 8.79. The number of rotatable bonds is 3. The van der Waals surface area contributed by atoms with Gasteiger partial charge in [0.15, 0.2) is 0 Å². The van der Waals surface area contributed by atoms with Crippen LogP contribution in [0.4, 0.5) is 0 Å². The van der Waals surface area contributed by atoms with E-state index in [1.165, 1.54) is 12.8 Å². The van der Waals surface area contributed by atoms with Crippen molar-refractivity contribution in [1.82, 2.24) is 0 Å². The third-order valence-electron chi connectivity index (χ3n) is 4.24. The minimum absolute atomic E-state index is 0.125. The molecular formula is C12H18O2. The zero-order valence-electron chi connectivity index (χ0n) is 8.79. The summed E-state index contributed by atoms with van der Waals surface area (Å²) in [6.07, 6.45) is 7.34. The summed E-state index contributed by atoms with van der Waals surface area (Å²) in [6, 6.07) is 0. The molecule has 1 atom stereocenters. The second-order valence-corrected chi connectivity index (χ2v) is 5.13. The molecule has 0 aromatic heterocycles. The first-order chi connectivity index (χ1) is 6.66. The third kappa shape index (κ3) is 1.51. The zero-order chi connectivity index (χ0) is 10.2. The van der Waals surface area contributed by atoms with Crippen LogP contribution >= 0.6 is 0 Å². The van der Waals surface area contributed by atoms with E-state index < -0.39 is 0 Å². The summed E-state index contributed by atoms with van der Waals surface area (Å²) >= 11 is 0. The van der Waals surface area contributed by atoms with E-state index in [0.717, 1.165) is 31.5 Å². The fourth-order valence-electron chi connectivity index (χ4n) is 3.34. The van der Waals surface area contributed by atoms with Gasteiger partial charge < -0.3 is 9.59 Å². The minimum atomic E-state index is -0.125. The van der Waals surface area contributed by atoms with E-state index in [4.69, 9.17) is 0 Å². The van der Waals surface area contributed by atoms with Crippen molar-refractivity contribution in [2.45, 2.75) is 45.4 Å². The van der Waals surface area contributed by atoms with Crippen LogP contribution in [0.1, 0.15) is 45.4 Å². The molecule has 0 amide bonds. The molecule has 78 valence electrons. The van der Waals surface area contributed by atoms with Crippen LogP contribution in [0.3, 0.4) is 0 Å². The lowest BCUT2D eigenvalue weighted by atomic mass is 9.55. The van der Waals surface area contributed by atoms with Gasteiger partial charge in [-0.3, -0.25) is 0 Å². The monoisotopic (exact) mass is 194 g/mol. The van der Waals surface area contributed by atoms with Crippen LogP contribution in [0.15, 0.2) is 0 Å². The molecule has 2 bridgehead atoms. The maximum Gasteiger partial charge on any atom is 0.130 e. The summed E-state index contributed by atoms with van der Waals surface area (Å²) in [5.74, 6) is 1.38. The molecule has 3 fully saturated rings. The van der Waals surface area contributed by atoms with E-state index >= 15 is 0 Å². The Bertz CT molecular complexity index is 249. The SMILES string of the molecule is CC(=O)C[C@@H]1CC2CCC1(C=O)CC2. The van der Waals surface area contributed by atoms with Gasteiger partial charge in [-0.1, -0.05) is 0 Å². The van der Waals surface area contributed by atoms with E-state index in [9.17, 15) is 9.59 Å². The second kappa shape index (κ2) is 3.48. The van der Waals surface area contributed by atoms with E-state index in [1.54, 1.807) is 6.92 Å². The summed E-state index contributed by atoms with van der Waals surface area (Å²) in [5.41, 5.74) is -0.125. The quantitative estimate of drug-likeness (QED) is 0.646. The molecule has 3 rings (SSSR count). The van der Waals surface area contributed by atoms with Crippen molar-refractivity contribution in [2.24, 2.45) is 17.3 Å². The molecule has 0 saturated heterocycles. The molecule has 0 aliphatic heterocycles. The van der Waals surface area contributed by atoms with Crippen LogP contribution < -0.4 is 0 Å². The van der Waals surface area contributed by atoms with Gasteiger partial charge in [0.05, 0.1) is 0 Å². The molecule has 0 aromatic carbocycles. The molecule has 2 heteroatoms. The molecule has 0 radical (unpaired) electrons. The maximum absolute atomic E-state index is 11.2.